The monoisotopic (exact) mass is 932 g/mol. The van der Waals surface area contributed by atoms with E-state index in [1.54, 1.807) is 110 Å². The van der Waals surface area contributed by atoms with Gasteiger partial charge in [-0.05, 0) is 78.9 Å². The van der Waals surface area contributed by atoms with Crippen LogP contribution in [0.15, 0.2) is 164 Å². The molecule has 68 heavy (non-hydrogen) atoms. The number of Topliss-reactive ketones (excluding diaryl/α,β-unsaturated/α-hetero) is 2. The molecule has 0 aliphatic rings. The predicted octanol–water partition coefficient (Wildman–Crippen LogP) is 10.4. The Hall–Kier alpha value is -9.21. The van der Waals surface area contributed by atoms with Crippen molar-refractivity contribution in [1.29, 1.82) is 0 Å². The van der Waals surface area contributed by atoms with Crippen LogP contribution in [0.5, 0.6) is 23.0 Å². The van der Waals surface area contributed by atoms with E-state index in [1.807, 2.05) is 24.3 Å². The number of halogens is 6. The number of carbonyl (C=O) groups excluding carboxylic acids is 2. The van der Waals surface area contributed by atoms with Gasteiger partial charge in [0.15, 0.2) is 11.5 Å². The quantitative estimate of drug-likeness (QED) is 0.0510. The SMILES string of the molecule is FC(F)(F)c1cc(-c2ccccc2)n2nc(Nc3ccc(Oc4ccncc4)cc3)nc2n1.Nc1nc(Nc2ccc(Oc3ccncc3)cc2)n[nH]1.O=C(CC(=O)C(F)(F)F)c1ccccc1. The lowest BCUT2D eigenvalue weighted by atomic mass is 10.1. The van der Waals surface area contributed by atoms with Crippen LogP contribution in [0.1, 0.15) is 22.5 Å². The molecule has 22 heteroatoms. The minimum absolute atomic E-state index is 0.107. The summed E-state index contributed by atoms with van der Waals surface area (Å²) in [6.07, 6.45) is -4.07. The van der Waals surface area contributed by atoms with E-state index >= 15 is 0 Å². The third-order valence-corrected chi connectivity index (χ3v) is 8.90. The van der Waals surface area contributed by atoms with Crippen LogP contribution in [0.3, 0.4) is 0 Å². The smallest absolute Gasteiger partial charge is 0.450 e. The molecular formula is C46H34F6N12O4. The lowest BCUT2D eigenvalue weighted by Crippen LogP contribution is -2.25. The molecule has 0 aliphatic carbocycles. The summed E-state index contributed by atoms with van der Waals surface area (Å²) in [7, 11) is 0. The molecule has 5 N–H and O–H groups in total. The maximum absolute atomic E-state index is 13.4. The van der Waals surface area contributed by atoms with Gasteiger partial charge in [0.1, 0.15) is 23.0 Å². The molecule has 5 heterocycles. The minimum Gasteiger partial charge on any atom is -0.457 e. The van der Waals surface area contributed by atoms with Crippen LogP contribution in [0.25, 0.3) is 17.0 Å². The van der Waals surface area contributed by atoms with E-state index in [0.29, 0.717) is 28.7 Å². The Morgan fingerprint density at radius 2 is 1.12 bits per heavy atom. The van der Waals surface area contributed by atoms with Crippen LogP contribution in [0, 0.1) is 0 Å². The molecule has 0 saturated carbocycles. The molecule has 5 aromatic heterocycles. The van der Waals surface area contributed by atoms with Gasteiger partial charge in [0.05, 0.1) is 12.1 Å². The number of hydrogen-bond acceptors (Lipinski definition) is 14. The van der Waals surface area contributed by atoms with Crippen LogP contribution in [-0.4, -0.2) is 62.5 Å². The van der Waals surface area contributed by atoms with E-state index in [2.05, 4.69) is 50.8 Å². The number of carbonyl (C=O) groups is 2. The normalized spacial score (nSPS) is 11.0. The Kier molecular flexibility index (Phi) is 14.6. The number of nitrogens with zero attached hydrogens (tertiary/aromatic N) is 8. The van der Waals surface area contributed by atoms with Crippen molar-refractivity contribution >= 4 is 46.6 Å². The standard InChI is InChI=1S/C23H15F3N6O.C13H12N6O.C10H7F3O2/c24-23(25,26)20-14-19(15-4-2-1-3-5-15)32-22(29-20)30-21(31-32)28-16-6-8-17(9-7-16)33-18-10-12-27-13-11-18;14-12-17-13(19-18-12)16-9-1-3-10(4-2-9)20-11-5-7-15-8-6-11;11-10(12,13)9(15)6-8(14)7-4-2-1-3-5-7/h1-14H,(H,28,31);1-8H,(H4,14,16,17,18,19);1-5H,6H2. The number of anilines is 5. The van der Waals surface area contributed by atoms with Gasteiger partial charge in [-0.1, -0.05) is 60.7 Å². The van der Waals surface area contributed by atoms with Crippen molar-refractivity contribution in [2.24, 2.45) is 0 Å². The number of nitrogens with two attached hydrogens (primary N) is 1. The molecule has 0 unspecified atom stereocenters. The molecule has 0 radical (unpaired) electrons. The Labute approximate surface area is 380 Å². The van der Waals surface area contributed by atoms with Crippen molar-refractivity contribution in [3.8, 4) is 34.3 Å². The molecule has 344 valence electrons. The fourth-order valence-electron chi connectivity index (χ4n) is 5.74. The van der Waals surface area contributed by atoms with Crippen molar-refractivity contribution in [3.63, 3.8) is 0 Å². The van der Waals surface area contributed by atoms with Crippen LogP contribution in [-0.2, 0) is 11.0 Å². The first-order valence-corrected chi connectivity index (χ1v) is 19.8. The average Bonchev–Trinajstić information content (AvgIpc) is 3.95. The van der Waals surface area contributed by atoms with Gasteiger partial charge in [0, 0.05) is 47.3 Å². The highest BCUT2D eigenvalue weighted by Gasteiger charge is 2.39. The summed E-state index contributed by atoms with van der Waals surface area (Å²) in [5.41, 5.74) is 6.78. The van der Waals surface area contributed by atoms with Crippen molar-refractivity contribution in [1.82, 2.24) is 44.7 Å². The van der Waals surface area contributed by atoms with Crippen LogP contribution in [0.4, 0.5) is 55.6 Å². The molecular weight excluding hydrogens is 899 g/mol. The zero-order valence-electron chi connectivity index (χ0n) is 34.9. The van der Waals surface area contributed by atoms with Crippen molar-refractivity contribution < 1.29 is 45.4 Å². The first-order chi connectivity index (χ1) is 32.7. The zero-order valence-corrected chi connectivity index (χ0v) is 34.9. The highest BCUT2D eigenvalue weighted by Crippen LogP contribution is 2.32. The number of aromatic nitrogens is 9. The Balaban J connectivity index is 0.000000166. The van der Waals surface area contributed by atoms with Gasteiger partial charge in [0.25, 0.3) is 5.78 Å². The summed E-state index contributed by atoms with van der Waals surface area (Å²) >= 11 is 0. The highest BCUT2D eigenvalue weighted by atomic mass is 19.4. The van der Waals surface area contributed by atoms with Gasteiger partial charge in [0.2, 0.25) is 23.6 Å². The lowest BCUT2D eigenvalue weighted by molar-refractivity contribution is -0.170. The van der Waals surface area contributed by atoms with E-state index in [0.717, 1.165) is 23.3 Å². The number of hydrogen-bond donors (Lipinski definition) is 4. The maximum Gasteiger partial charge on any atom is 0.450 e. The van der Waals surface area contributed by atoms with E-state index in [4.69, 9.17) is 15.2 Å². The van der Waals surface area contributed by atoms with Gasteiger partial charge in [-0.3, -0.25) is 19.6 Å². The van der Waals surface area contributed by atoms with Gasteiger partial charge >= 0.3 is 12.4 Å². The molecule has 0 bridgehead atoms. The largest absolute Gasteiger partial charge is 0.457 e. The first-order valence-electron chi connectivity index (χ1n) is 19.8. The van der Waals surface area contributed by atoms with Crippen molar-refractivity contribution in [2.45, 2.75) is 18.8 Å². The molecule has 0 saturated heterocycles. The summed E-state index contributed by atoms with van der Waals surface area (Å²) in [5.74, 6) is 0.527. The third-order valence-electron chi connectivity index (χ3n) is 8.90. The summed E-state index contributed by atoms with van der Waals surface area (Å²) in [6.45, 7) is 0. The molecule has 0 fully saturated rings. The highest BCUT2D eigenvalue weighted by molar-refractivity contribution is 6.09. The number of ether oxygens (including phenoxy) is 2. The van der Waals surface area contributed by atoms with Gasteiger partial charge < -0.3 is 25.8 Å². The molecule has 9 aromatic rings. The number of rotatable bonds is 12. The number of benzene rings is 4. The number of pyridine rings is 2. The van der Waals surface area contributed by atoms with Crippen LogP contribution >= 0.6 is 0 Å². The van der Waals surface area contributed by atoms with E-state index in [-0.39, 0.29) is 28.9 Å². The molecule has 0 atom stereocenters. The number of alkyl halides is 6. The number of ketones is 2. The first kappa shape index (κ1) is 46.8. The van der Waals surface area contributed by atoms with E-state index in [9.17, 15) is 35.9 Å². The topological polar surface area (TPSA) is 213 Å². The molecule has 0 aliphatic heterocycles. The zero-order chi connectivity index (χ0) is 48.1. The minimum atomic E-state index is -4.94. The number of fused-ring (bicyclic) bond motifs is 1. The fourth-order valence-corrected chi connectivity index (χ4v) is 5.74. The summed E-state index contributed by atoms with van der Waals surface area (Å²) < 4.78 is 88.4. The summed E-state index contributed by atoms with van der Waals surface area (Å²) in [5, 5.41) is 16.8. The van der Waals surface area contributed by atoms with Gasteiger partial charge in [-0.2, -0.15) is 40.8 Å². The number of aromatic amines is 1. The van der Waals surface area contributed by atoms with Crippen LogP contribution in [0.2, 0.25) is 0 Å². The predicted molar refractivity (Wildman–Crippen MR) is 237 cm³/mol. The number of nitrogens with one attached hydrogen (secondary N) is 3. The lowest BCUT2D eigenvalue weighted by Gasteiger charge is -2.09. The number of H-pyrrole nitrogens is 1. The molecule has 0 spiro atoms. The third kappa shape index (κ3) is 13.2. The van der Waals surface area contributed by atoms with Crippen LogP contribution < -0.4 is 25.8 Å². The van der Waals surface area contributed by atoms with Crippen molar-refractivity contribution in [2.75, 3.05) is 16.4 Å². The molecule has 0 amide bonds. The van der Waals surface area contributed by atoms with Gasteiger partial charge in [-0.25, -0.2) is 10.1 Å². The molecule has 9 rings (SSSR count). The van der Waals surface area contributed by atoms with Crippen molar-refractivity contribution in [3.05, 3.63) is 176 Å². The summed E-state index contributed by atoms with van der Waals surface area (Å²) in [6, 6.07) is 38.5. The second kappa shape index (κ2) is 21.2. The van der Waals surface area contributed by atoms with Gasteiger partial charge in [-0.15, -0.1) is 10.2 Å². The summed E-state index contributed by atoms with van der Waals surface area (Å²) in [4.78, 5) is 41.3. The van der Waals surface area contributed by atoms with E-state index in [1.165, 1.54) is 28.8 Å². The second-order valence-electron chi connectivity index (χ2n) is 13.8. The number of nitrogen functional groups attached to an aromatic ring is 1. The fraction of sp³-hybridized carbons (Fsp3) is 0.0652. The molecule has 16 nitrogen and oxygen atoms in total. The average molecular weight is 933 g/mol. The Bertz CT molecular complexity index is 3050. The van der Waals surface area contributed by atoms with E-state index < -0.39 is 36.0 Å². The maximum atomic E-state index is 13.4. The molecule has 4 aromatic carbocycles. The second-order valence-corrected chi connectivity index (χ2v) is 13.8. The Morgan fingerprint density at radius 3 is 1.60 bits per heavy atom. The Morgan fingerprint density at radius 1 is 0.618 bits per heavy atom.